The molecule has 2 aromatic rings. The maximum absolute atomic E-state index is 6.19. The summed E-state index contributed by atoms with van der Waals surface area (Å²) in [6, 6.07) is 9.32. The molecule has 0 aliphatic heterocycles. The van der Waals surface area contributed by atoms with Gasteiger partial charge in [0.15, 0.2) is 0 Å². The maximum atomic E-state index is 6.19. The van der Waals surface area contributed by atoms with Gasteiger partial charge >= 0.3 is 0 Å². The highest BCUT2D eigenvalue weighted by Gasteiger charge is 2.14. The summed E-state index contributed by atoms with van der Waals surface area (Å²) in [5, 5.41) is 0.626. The lowest BCUT2D eigenvalue weighted by Crippen LogP contribution is -2.10. The summed E-state index contributed by atoms with van der Waals surface area (Å²) in [4.78, 5) is 1.07. The summed E-state index contributed by atoms with van der Waals surface area (Å²) >= 11 is 11.2. The van der Waals surface area contributed by atoms with E-state index in [1.165, 1.54) is 0 Å². The minimum Gasteiger partial charge on any atom is -0.497 e. The molecule has 17 heavy (non-hydrogen) atoms. The highest BCUT2D eigenvalue weighted by atomic mass is 79.9. The fourth-order valence-electron chi connectivity index (χ4n) is 1.54. The lowest BCUT2D eigenvalue weighted by molar-refractivity contribution is 0.414. The lowest BCUT2D eigenvalue weighted by Gasteiger charge is -2.12. The predicted octanol–water partition coefficient (Wildman–Crippen LogP) is 4.22. The van der Waals surface area contributed by atoms with Crippen LogP contribution >= 0.6 is 38.9 Å². The molecule has 90 valence electrons. The van der Waals surface area contributed by atoms with Crippen molar-refractivity contribution in [2.45, 2.75) is 6.04 Å². The first kappa shape index (κ1) is 12.9. The fourth-order valence-corrected chi connectivity index (χ4v) is 3.27. The first-order valence-corrected chi connectivity index (χ1v) is 6.95. The van der Waals surface area contributed by atoms with Crippen LogP contribution in [-0.2, 0) is 0 Å². The van der Waals surface area contributed by atoms with Gasteiger partial charge in [-0.2, -0.15) is 0 Å². The molecule has 0 bridgehead atoms. The molecule has 0 saturated carbocycles. The topological polar surface area (TPSA) is 35.2 Å². The third-order valence-electron chi connectivity index (χ3n) is 2.44. The average molecular weight is 333 g/mol. The summed E-state index contributed by atoms with van der Waals surface area (Å²) in [6.07, 6.45) is 0. The van der Waals surface area contributed by atoms with E-state index in [2.05, 4.69) is 15.9 Å². The van der Waals surface area contributed by atoms with Gasteiger partial charge in [-0.15, -0.1) is 11.3 Å². The SMILES string of the molecule is COc1ccc(C(N)c2ccc(Br)s2)c(Cl)c1. The van der Waals surface area contributed by atoms with Crippen molar-refractivity contribution in [1.82, 2.24) is 0 Å². The van der Waals surface area contributed by atoms with Crippen molar-refractivity contribution in [2.24, 2.45) is 5.73 Å². The Balaban J connectivity index is 2.34. The van der Waals surface area contributed by atoms with Crippen LogP contribution in [0.2, 0.25) is 5.02 Å². The normalized spacial score (nSPS) is 12.5. The second-order valence-corrected chi connectivity index (χ2v) is 6.41. The molecule has 0 radical (unpaired) electrons. The molecule has 2 rings (SSSR count). The summed E-state index contributed by atoms with van der Waals surface area (Å²) in [6.45, 7) is 0. The molecule has 0 aliphatic carbocycles. The Bertz CT molecular complexity index is 529. The Kier molecular flexibility index (Phi) is 4.09. The molecule has 0 aliphatic rings. The maximum Gasteiger partial charge on any atom is 0.120 e. The summed E-state index contributed by atoms with van der Waals surface area (Å²) in [7, 11) is 1.61. The van der Waals surface area contributed by atoms with Gasteiger partial charge in [-0.25, -0.2) is 0 Å². The van der Waals surface area contributed by atoms with Crippen LogP contribution in [0.1, 0.15) is 16.5 Å². The van der Waals surface area contributed by atoms with Gasteiger partial charge in [0.1, 0.15) is 5.75 Å². The van der Waals surface area contributed by atoms with Crippen LogP contribution in [0.3, 0.4) is 0 Å². The first-order valence-electron chi connectivity index (χ1n) is 4.96. The molecule has 1 aromatic heterocycles. The van der Waals surface area contributed by atoms with Crippen LogP contribution in [0.25, 0.3) is 0 Å². The van der Waals surface area contributed by atoms with Crippen LogP contribution < -0.4 is 10.5 Å². The monoisotopic (exact) mass is 331 g/mol. The van der Waals surface area contributed by atoms with Crippen molar-refractivity contribution < 1.29 is 4.74 Å². The molecule has 1 heterocycles. The van der Waals surface area contributed by atoms with E-state index >= 15 is 0 Å². The Labute approximate surface area is 117 Å². The van der Waals surface area contributed by atoms with Gasteiger partial charge < -0.3 is 10.5 Å². The Hall–Kier alpha value is -0.550. The standard InChI is InChI=1S/C12H11BrClNOS/c1-16-7-2-3-8(9(14)6-7)12(15)10-4-5-11(13)17-10/h2-6,12H,15H2,1H3. The van der Waals surface area contributed by atoms with Crippen LogP contribution in [0, 0.1) is 0 Å². The van der Waals surface area contributed by atoms with Crippen LogP contribution in [0.5, 0.6) is 5.75 Å². The minimum absolute atomic E-state index is 0.204. The van der Waals surface area contributed by atoms with E-state index in [1.54, 1.807) is 24.5 Å². The largest absolute Gasteiger partial charge is 0.497 e. The lowest BCUT2D eigenvalue weighted by atomic mass is 10.1. The molecule has 0 amide bonds. The number of benzene rings is 1. The number of rotatable bonds is 3. The molecule has 0 fully saturated rings. The number of thiophene rings is 1. The van der Waals surface area contributed by atoms with E-state index in [9.17, 15) is 0 Å². The van der Waals surface area contributed by atoms with E-state index < -0.39 is 0 Å². The van der Waals surface area contributed by atoms with Gasteiger partial charge in [0.05, 0.1) is 16.9 Å². The van der Waals surface area contributed by atoms with E-state index in [1.807, 2.05) is 24.3 Å². The molecular weight excluding hydrogens is 322 g/mol. The molecule has 2 nitrogen and oxygen atoms in total. The van der Waals surface area contributed by atoms with Gasteiger partial charge in [-0.3, -0.25) is 0 Å². The van der Waals surface area contributed by atoms with Gasteiger partial charge in [0.2, 0.25) is 0 Å². The van der Waals surface area contributed by atoms with Crippen molar-refractivity contribution in [3.63, 3.8) is 0 Å². The summed E-state index contributed by atoms with van der Waals surface area (Å²) in [5.41, 5.74) is 7.09. The van der Waals surface area contributed by atoms with Crippen molar-refractivity contribution in [3.8, 4) is 5.75 Å². The number of nitrogens with two attached hydrogens (primary N) is 1. The van der Waals surface area contributed by atoms with Gasteiger partial charge in [-0.1, -0.05) is 17.7 Å². The molecule has 2 N–H and O–H groups in total. The molecule has 5 heteroatoms. The zero-order valence-corrected chi connectivity index (χ0v) is 12.3. The third-order valence-corrected chi connectivity index (χ3v) is 4.48. The summed E-state index contributed by atoms with van der Waals surface area (Å²) in [5.74, 6) is 0.735. The zero-order valence-electron chi connectivity index (χ0n) is 9.11. The Morgan fingerprint density at radius 2 is 2.12 bits per heavy atom. The number of hydrogen-bond acceptors (Lipinski definition) is 3. The van der Waals surface area contributed by atoms with Gasteiger partial charge in [0.25, 0.3) is 0 Å². The predicted molar refractivity (Wildman–Crippen MR) is 76.1 cm³/mol. The highest BCUT2D eigenvalue weighted by molar-refractivity contribution is 9.11. The van der Waals surface area contributed by atoms with Crippen molar-refractivity contribution in [3.05, 3.63) is 49.6 Å². The molecule has 1 aromatic carbocycles. The van der Waals surface area contributed by atoms with Crippen molar-refractivity contribution in [2.75, 3.05) is 7.11 Å². The molecular formula is C12H11BrClNOS. The zero-order chi connectivity index (χ0) is 12.4. The van der Waals surface area contributed by atoms with Gasteiger partial charge in [0, 0.05) is 9.90 Å². The summed E-state index contributed by atoms with van der Waals surface area (Å²) < 4.78 is 6.17. The Morgan fingerprint density at radius 1 is 1.35 bits per heavy atom. The second kappa shape index (κ2) is 5.40. The fraction of sp³-hybridized carbons (Fsp3) is 0.167. The Morgan fingerprint density at radius 3 is 2.65 bits per heavy atom. The minimum atomic E-state index is -0.204. The van der Waals surface area contributed by atoms with Crippen molar-refractivity contribution >= 4 is 38.9 Å². The van der Waals surface area contributed by atoms with E-state index in [0.717, 1.165) is 20.0 Å². The van der Waals surface area contributed by atoms with Crippen LogP contribution in [-0.4, -0.2) is 7.11 Å². The molecule has 0 saturated heterocycles. The number of hydrogen-bond donors (Lipinski definition) is 1. The average Bonchev–Trinajstić information content (AvgIpc) is 2.75. The quantitative estimate of drug-likeness (QED) is 0.913. The third kappa shape index (κ3) is 2.83. The smallest absolute Gasteiger partial charge is 0.120 e. The number of methoxy groups -OCH3 is 1. The highest BCUT2D eigenvalue weighted by Crippen LogP contribution is 2.34. The molecule has 0 spiro atoms. The molecule has 1 unspecified atom stereocenters. The number of halogens is 2. The van der Waals surface area contributed by atoms with E-state index in [4.69, 9.17) is 22.1 Å². The number of ether oxygens (including phenoxy) is 1. The molecule has 1 atom stereocenters. The first-order chi connectivity index (χ1) is 8.11. The van der Waals surface area contributed by atoms with E-state index in [0.29, 0.717) is 5.02 Å². The van der Waals surface area contributed by atoms with Crippen LogP contribution in [0.15, 0.2) is 34.1 Å². The van der Waals surface area contributed by atoms with Crippen molar-refractivity contribution in [1.29, 1.82) is 0 Å². The van der Waals surface area contributed by atoms with Crippen LogP contribution in [0.4, 0.5) is 0 Å². The second-order valence-electron chi connectivity index (χ2n) is 3.51. The van der Waals surface area contributed by atoms with E-state index in [-0.39, 0.29) is 6.04 Å². The van der Waals surface area contributed by atoms with Gasteiger partial charge in [-0.05, 0) is 45.8 Å².